The molecule has 1 aliphatic heterocycles. The van der Waals surface area contributed by atoms with E-state index in [1.165, 1.54) is 0 Å². The zero-order valence-corrected chi connectivity index (χ0v) is 17.5. The molecule has 0 atom stereocenters. The van der Waals surface area contributed by atoms with Gasteiger partial charge in [0, 0.05) is 31.9 Å². The molecule has 1 aliphatic rings. The van der Waals surface area contributed by atoms with Gasteiger partial charge >= 0.3 is 0 Å². The number of hydrogen-bond acceptors (Lipinski definition) is 6. The maximum atomic E-state index is 13.1. The first kappa shape index (κ1) is 20.0. The van der Waals surface area contributed by atoms with Crippen LogP contribution in [0, 0.1) is 0 Å². The second-order valence-electron chi connectivity index (χ2n) is 7.45. The maximum Gasteiger partial charge on any atom is 0.270 e. The highest BCUT2D eigenvalue weighted by Crippen LogP contribution is 2.22. The lowest BCUT2D eigenvalue weighted by Crippen LogP contribution is -2.36. The average Bonchev–Trinajstić information content (AvgIpc) is 3.54. The fraction of sp³-hybridized carbons (Fsp3) is 0.208. The van der Waals surface area contributed by atoms with Gasteiger partial charge in [-0.2, -0.15) is 5.10 Å². The molecule has 0 aliphatic carbocycles. The fourth-order valence-electron chi connectivity index (χ4n) is 3.63. The summed E-state index contributed by atoms with van der Waals surface area (Å²) in [5.74, 6) is 1.31. The van der Waals surface area contributed by atoms with Gasteiger partial charge in [-0.3, -0.25) is 4.79 Å². The van der Waals surface area contributed by atoms with Crippen LogP contribution in [0.25, 0.3) is 17.1 Å². The number of amides is 1. The Kier molecular flexibility index (Phi) is 5.67. The number of ether oxygens (including phenoxy) is 1. The van der Waals surface area contributed by atoms with Crippen LogP contribution in [-0.2, 0) is 11.3 Å². The summed E-state index contributed by atoms with van der Waals surface area (Å²) in [5, 5.41) is 7.58. The summed E-state index contributed by atoms with van der Waals surface area (Å²) < 4.78 is 12.5. The summed E-state index contributed by atoms with van der Waals surface area (Å²) in [5.41, 5.74) is 2.75. The highest BCUT2D eigenvalue weighted by atomic mass is 16.5. The number of nitrogens with one attached hydrogen (secondary N) is 1. The third kappa shape index (κ3) is 4.26. The zero-order valence-electron chi connectivity index (χ0n) is 17.5. The van der Waals surface area contributed by atoms with Crippen LogP contribution in [0.3, 0.4) is 0 Å². The predicted molar refractivity (Wildman–Crippen MR) is 120 cm³/mol. The number of morpholine rings is 1. The molecule has 0 bridgehead atoms. The van der Waals surface area contributed by atoms with Gasteiger partial charge in [0.2, 0.25) is 0 Å². The second kappa shape index (κ2) is 9.07. The monoisotopic (exact) mass is 429 g/mol. The number of carbonyl (C=O) groups is 1. The van der Waals surface area contributed by atoms with E-state index >= 15 is 0 Å². The molecule has 1 fully saturated rings. The molecule has 0 radical (unpaired) electrons. The van der Waals surface area contributed by atoms with E-state index in [0.29, 0.717) is 36.9 Å². The molecule has 3 aromatic heterocycles. The molecule has 8 nitrogen and oxygen atoms in total. The van der Waals surface area contributed by atoms with E-state index in [4.69, 9.17) is 9.15 Å². The van der Waals surface area contributed by atoms with Crippen LogP contribution in [0.2, 0.25) is 0 Å². The predicted octanol–water partition coefficient (Wildman–Crippen LogP) is 3.29. The minimum Gasteiger partial charge on any atom is -0.463 e. The smallest absolute Gasteiger partial charge is 0.270 e. The van der Waals surface area contributed by atoms with Gasteiger partial charge in [-0.1, -0.05) is 24.3 Å². The van der Waals surface area contributed by atoms with Gasteiger partial charge in [0.05, 0.1) is 25.2 Å². The number of nitrogens with zero attached hydrogens (tertiary/aromatic N) is 4. The third-order valence-electron chi connectivity index (χ3n) is 5.31. The first-order valence-corrected chi connectivity index (χ1v) is 10.5. The highest BCUT2D eigenvalue weighted by molar-refractivity contribution is 5.94. The number of para-hydroxylation sites is 1. The van der Waals surface area contributed by atoms with Crippen LogP contribution >= 0.6 is 0 Å². The van der Waals surface area contributed by atoms with Crippen molar-refractivity contribution in [2.24, 2.45) is 0 Å². The van der Waals surface area contributed by atoms with Gasteiger partial charge in [0.15, 0.2) is 5.76 Å². The Morgan fingerprint density at radius 2 is 1.88 bits per heavy atom. The van der Waals surface area contributed by atoms with Crippen molar-refractivity contribution in [3.63, 3.8) is 0 Å². The van der Waals surface area contributed by atoms with Crippen molar-refractivity contribution in [2.45, 2.75) is 6.54 Å². The van der Waals surface area contributed by atoms with Gasteiger partial charge in [0.25, 0.3) is 5.91 Å². The van der Waals surface area contributed by atoms with E-state index in [1.54, 1.807) is 29.3 Å². The second-order valence-corrected chi connectivity index (χ2v) is 7.45. The van der Waals surface area contributed by atoms with Crippen molar-refractivity contribution < 1.29 is 13.9 Å². The maximum absolute atomic E-state index is 13.1. The van der Waals surface area contributed by atoms with Gasteiger partial charge in [-0.15, -0.1) is 0 Å². The molecule has 4 heterocycles. The number of hydrogen-bond donors (Lipinski definition) is 1. The summed E-state index contributed by atoms with van der Waals surface area (Å²) >= 11 is 0. The number of rotatable bonds is 6. The van der Waals surface area contributed by atoms with Crippen LogP contribution in [0.1, 0.15) is 16.1 Å². The van der Waals surface area contributed by atoms with Crippen molar-refractivity contribution >= 4 is 11.7 Å². The fourth-order valence-corrected chi connectivity index (χ4v) is 3.63. The molecule has 32 heavy (non-hydrogen) atoms. The molecule has 1 aromatic carbocycles. The Balaban J connectivity index is 1.33. The van der Waals surface area contributed by atoms with Crippen molar-refractivity contribution in [1.82, 2.24) is 20.1 Å². The topological polar surface area (TPSA) is 85.4 Å². The van der Waals surface area contributed by atoms with Crippen LogP contribution in [0.5, 0.6) is 0 Å². The van der Waals surface area contributed by atoms with E-state index < -0.39 is 0 Å². The molecule has 0 unspecified atom stereocenters. The van der Waals surface area contributed by atoms with Crippen LogP contribution in [-0.4, -0.2) is 47.0 Å². The van der Waals surface area contributed by atoms with Crippen LogP contribution < -0.4 is 10.2 Å². The largest absolute Gasteiger partial charge is 0.463 e. The lowest BCUT2D eigenvalue weighted by Gasteiger charge is -2.27. The van der Waals surface area contributed by atoms with E-state index in [2.05, 4.69) is 20.3 Å². The zero-order chi connectivity index (χ0) is 21.8. The third-order valence-corrected chi connectivity index (χ3v) is 5.31. The van der Waals surface area contributed by atoms with Crippen LogP contribution in [0.15, 0.2) is 77.5 Å². The molecule has 1 N–H and O–H groups in total. The number of furan rings is 1. The molecule has 0 saturated carbocycles. The summed E-state index contributed by atoms with van der Waals surface area (Å²) in [6.07, 6.45) is 3.39. The first-order chi connectivity index (χ1) is 15.8. The number of aromatic nitrogens is 3. The van der Waals surface area contributed by atoms with Crippen LogP contribution in [0.4, 0.5) is 5.82 Å². The van der Waals surface area contributed by atoms with E-state index in [-0.39, 0.29) is 5.91 Å². The molecular weight excluding hydrogens is 406 g/mol. The average molecular weight is 429 g/mol. The molecule has 5 rings (SSSR count). The Labute approximate surface area is 185 Å². The number of pyridine rings is 1. The number of benzene rings is 1. The molecular formula is C24H23N5O3. The lowest BCUT2D eigenvalue weighted by molar-refractivity contribution is 0.0943. The minimum absolute atomic E-state index is 0.226. The first-order valence-electron chi connectivity index (χ1n) is 10.5. The Bertz CT molecular complexity index is 1160. The van der Waals surface area contributed by atoms with Gasteiger partial charge < -0.3 is 19.4 Å². The lowest BCUT2D eigenvalue weighted by atomic mass is 10.2. The van der Waals surface area contributed by atoms with Crippen molar-refractivity contribution in [3.8, 4) is 17.1 Å². The van der Waals surface area contributed by atoms with Gasteiger partial charge in [0.1, 0.15) is 17.2 Å². The van der Waals surface area contributed by atoms with Crippen molar-refractivity contribution in [3.05, 3.63) is 84.4 Å². The quantitative estimate of drug-likeness (QED) is 0.506. The summed E-state index contributed by atoms with van der Waals surface area (Å²) in [6.45, 7) is 3.48. The van der Waals surface area contributed by atoms with Gasteiger partial charge in [-0.05, 0) is 35.9 Å². The van der Waals surface area contributed by atoms with Crippen molar-refractivity contribution in [1.29, 1.82) is 0 Å². The highest BCUT2D eigenvalue weighted by Gasteiger charge is 2.19. The molecule has 8 heteroatoms. The summed E-state index contributed by atoms with van der Waals surface area (Å²) in [6, 6.07) is 18.9. The Morgan fingerprint density at radius 1 is 1.03 bits per heavy atom. The van der Waals surface area contributed by atoms with Crippen molar-refractivity contribution in [2.75, 3.05) is 31.2 Å². The normalized spacial score (nSPS) is 13.8. The number of anilines is 1. The number of carbonyl (C=O) groups excluding carboxylic acids is 1. The SMILES string of the molecule is O=C(NCc1ccc(N2CCOCC2)nc1)c1cc(-c2ccco2)nn1-c1ccccc1. The van der Waals surface area contributed by atoms with E-state index in [1.807, 2.05) is 48.5 Å². The van der Waals surface area contributed by atoms with E-state index in [0.717, 1.165) is 30.2 Å². The molecule has 1 amide bonds. The molecule has 0 spiro atoms. The Morgan fingerprint density at radius 3 is 2.59 bits per heavy atom. The standard InChI is InChI=1S/C24H23N5O3/c30-24(26-17-18-8-9-23(25-16-18)28-10-13-31-14-11-28)21-15-20(22-7-4-12-32-22)27-29(21)19-5-2-1-3-6-19/h1-9,12,15-16H,10-11,13-14,17H2,(H,26,30). The van der Waals surface area contributed by atoms with E-state index in [9.17, 15) is 4.79 Å². The molecule has 4 aromatic rings. The summed E-state index contributed by atoms with van der Waals surface area (Å²) in [4.78, 5) is 19.8. The molecule has 1 saturated heterocycles. The molecule has 162 valence electrons. The van der Waals surface area contributed by atoms with Gasteiger partial charge in [-0.25, -0.2) is 9.67 Å². The Hall–Kier alpha value is -3.91. The minimum atomic E-state index is -0.226. The summed E-state index contributed by atoms with van der Waals surface area (Å²) in [7, 11) is 0.